The molecular formula is C13H12N4O4. The van der Waals surface area contributed by atoms with Gasteiger partial charge in [0.1, 0.15) is 11.6 Å². The van der Waals surface area contributed by atoms with E-state index in [2.05, 4.69) is 20.5 Å². The fourth-order valence-electron chi connectivity index (χ4n) is 1.86. The lowest BCUT2D eigenvalue weighted by atomic mass is 10.2. The molecule has 0 radical (unpaired) electrons. The third-order valence-electron chi connectivity index (χ3n) is 3.16. The maximum atomic E-state index is 12.0. The number of hydrogen-bond donors (Lipinski definition) is 4. The van der Waals surface area contributed by atoms with E-state index in [0.717, 1.165) is 18.9 Å². The molecule has 1 aliphatic carbocycles. The summed E-state index contributed by atoms with van der Waals surface area (Å²) in [7, 11) is 0. The van der Waals surface area contributed by atoms with Crippen LogP contribution in [0.1, 0.15) is 45.6 Å². The van der Waals surface area contributed by atoms with E-state index >= 15 is 0 Å². The summed E-state index contributed by atoms with van der Waals surface area (Å²) in [5.74, 6) is -1.05. The van der Waals surface area contributed by atoms with Crippen LogP contribution in [0, 0.1) is 0 Å². The molecule has 0 saturated heterocycles. The van der Waals surface area contributed by atoms with Gasteiger partial charge in [-0.3, -0.25) is 9.89 Å². The van der Waals surface area contributed by atoms with Crippen LogP contribution in [0.25, 0.3) is 0 Å². The molecule has 3 rings (SSSR count). The number of phenols is 1. The Morgan fingerprint density at radius 3 is 2.71 bits per heavy atom. The second-order valence-corrected chi connectivity index (χ2v) is 4.81. The van der Waals surface area contributed by atoms with Gasteiger partial charge in [0.05, 0.1) is 11.3 Å². The second-order valence-electron chi connectivity index (χ2n) is 4.81. The zero-order chi connectivity index (χ0) is 15.0. The van der Waals surface area contributed by atoms with E-state index in [0.29, 0.717) is 11.7 Å². The number of carbonyl (C=O) groups excluding carboxylic acids is 1. The van der Waals surface area contributed by atoms with Crippen molar-refractivity contribution >= 4 is 17.6 Å². The van der Waals surface area contributed by atoms with Gasteiger partial charge in [-0.15, -0.1) is 5.10 Å². The molecular weight excluding hydrogens is 276 g/mol. The number of nitrogens with zero attached hydrogens (tertiary/aromatic N) is 2. The third kappa shape index (κ3) is 2.69. The number of hydrogen-bond acceptors (Lipinski definition) is 5. The van der Waals surface area contributed by atoms with Crippen LogP contribution in [0.2, 0.25) is 0 Å². The van der Waals surface area contributed by atoms with E-state index in [1.54, 1.807) is 0 Å². The Labute approximate surface area is 118 Å². The first-order valence-corrected chi connectivity index (χ1v) is 6.34. The Bertz CT molecular complexity index is 721. The zero-order valence-electron chi connectivity index (χ0n) is 10.8. The lowest BCUT2D eigenvalue weighted by molar-refractivity contribution is 0.0696. The summed E-state index contributed by atoms with van der Waals surface area (Å²) in [6.07, 6.45) is 2.07. The van der Waals surface area contributed by atoms with Crippen molar-refractivity contribution in [2.24, 2.45) is 0 Å². The molecule has 21 heavy (non-hydrogen) atoms. The van der Waals surface area contributed by atoms with E-state index in [4.69, 9.17) is 5.11 Å². The Balaban J connectivity index is 1.75. The van der Waals surface area contributed by atoms with Crippen molar-refractivity contribution in [2.45, 2.75) is 18.8 Å². The lowest BCUT2D eigenvalue weighted by Crippen LogP contribution is -2.14. The van der Waals surface area contributed by atoms with Crippen LogP contribution in [-0.2, 0) is 0 Å². The molecule has 1 aromatic heterocycles. The second kappa shape index (κ2) is 4.89. The average molecular weight is 288 g/mol. The van der Waals surface area contributed by atoms with Crippen molar-refractivity contribution in [3.8, 4) is 5.75 Å². The maximum absolute atomic E-state index is 12.0. The summed E-state index contributed by atoms with van der Waals surface area (Å²) in [4.78, 5) is 26.8. The van der Waals surface area contributed by atoms with Crippen molar-refractivity contribution < 1.29 is 19.8 Å². The van der Waals surface area contributed by atoms with Crippen LogP contribution >= 0.6 is 0 Å². The van der Waals surface area contributed by atoms with E-state index in [-0.39, 0.29) is 22.8 Å². The minimum atomic E-state index is -1.16. The van der Waals surface area contributed by atoms with Gasteiger partial charge in [0, 0.05) is 5.92 Å². The SMILES string of the molecule is O=C(O)c1ccc(NC(=O)c2n[nH]c(C3CC3)n2)c(O)c1. The predicted octanol–water partition coefficient (Wildman–Crippen LogP) is 1.34. The number of aromatic nitrogens is 3. The number of benzene rings is 1. The molecule has 1 aromatic carbocycles. The molecule has 0 aliphatic heterocycles. The number of carboxylic acids is 1. The largest absolute Gasteiger partial charge is 0.506 e. The number of rotatable bonds is 4. The Kier molecular flexibility index (Phi) is 3.05. The number of phenolic OH excluding ortho intramolecular Hbond substituents is 1. The first-order chi connectivity index (χ1) is 10.0. The number of aromatic hydroxyl groups is 1. The fraction of sp³-hybridized carbons (Fsp3) is 0.231. The third-order valence-corrected chi connectivity index (χ3v) is 3.16. The summed E-state index contributed by atoms with van der Waals surface area (Å²) in [6, 6.07) is 3.65. The monoisotopic (exact) mass is 288 g/mol. The summed E-state index contributed by atoms with van der Waals surface area (Å²) >= 11 is 0. The number of H-pyrrole nitrogens is 1. The van der Waals surface area contributed by atoms with Crippen LogP contribution in [-0.4, -0.2) is 37.3 Å². The summed E-state index contributed by atoms with van der Waals surface area (Å²) in [6.45, 7) is 0. The number of anilines is 1. The van der Waals surface area contributed by atoms with Crippen LogP contribution in [0.15, 0.2) is 18.2 Å². The average Bonchev–Trinajstić information content (AvgIpc) is 3.18. The first kappa shape index (κ1) is 13.1. The highest BCUT2D eigenvalue weighted by Crippen LogP contribution is 2.37. The van der Waals surface area contributed by atoms with Gasteiger partial charge >= 0.3 is 5.97 Å². The van der Waals surface area contributed by atoms with Crippen molar-refractivity contribution in [2.75, 3.05) is 5.32 Å². The van der Waals surface area contributed by atoms with Gasteiger partial charge < -0.3 is 15.5 Å². The molecule has 1 fully saturated rings. The quantitative estimate of drug-likeness (QED) is 0.628. The minimum absolute atomic E-state index is 0.0152. The normalized spacial score (nSPS) is 13.9. The number of aromatic amines is 1. The summed E-state index contributed by atoms with van der Waals surface area (Å²) in [5.41, 5.74) is 0.0298. The van der Waals surface area contributed by atoms with Gasteiger partial charge in [-0.25, -0.2) is 9.78 Å². The Hall–Kier alpha value is -2.90. The van der Waals surface area contributed by atoms with Crippen LogP contribution in [0.4, 0.5) is 5.69 Å². The van der Waals surface area contributed by atoms with E-state index in [1.807, 2.05) is 0 Å². The van der Waals surface area contributed by atoms with Crippen molar-refractivity contribution in [1.82, 2.24) is 15.2 Å². The fourth-order valence-corrected chi connectivity index (χ4v) is 1.86. The van der Waals surface area contributed by atoms with Gasteiger partial charge in [-0.05, 0) is 31.0 Å². The predicted molar refractivity (Wildman–Crippen MR) is 71.4 cm³/mol. The molecule has 8 nitrogen and oxygen atoms in total. The Morgan fingerprint density at radius 1 is 1.33 bits per heavy atom. The summed E-state index contributed by atoms with van der Waals surface area (Å²) in [5, 5.41) is 27.5. The minimum Gasteiger partial charge on any atom is -0.506 e. The van der Waals surface area contributed by atoms with Crippen molar-refractivity contribution in [3.05, 3.63) is 35.4 Å². The number of amides is 1. The smallest absolute Gasteiger partial charge is 0.335 e. The topological polar surface area (TPSA) is 128 Å². The number of nitrogens with one attached hydrogen (secondary N) is 2. The number of carbonyl (C=O) groups is 2. The number of carboxylic acid groups (broad SMARTS) is 1. The van der Waals surface area contributed by atoms with E-state index in [1.165, 1.54) is 12.1 Å². The molecule has 1 saturated carbocycles. The highest BCUT2D eigenvalue weighted by atomic mass is 16.4. The van der Waals surface area contributed by atoms with Gasteiger partial charge in [0.15, 0.2) is 0 Å². The van der Waals surface area contributed by atoms with Gasteiger partial charge in [-0.1, -0.05) is 0 Å². The molecule has 0 bridgehead atoms. The Morgan fingerprint density at radius 2 is 2.10 bits per heavy atom. The molecule has 0 atom stereocenters. The van der Waals surface area contributed by atoms with Crippen LogP contribution < -0.4 is 5.32 Å². The standard InChI is InChI=1S/C13H12N4O4/c18-9-5-7(13(20)21)3-4-8(9)14-12(19)11-15-10(16-17-11)6-1-2-6/h3-6,18H,1-2H2,(H,14,19)(H,20,21)(H,15,16,17). The molecule has 8 heteroatoms. The molecule has 4 N–H and O–H groups in total. The first-order valence-electron chi connectivity index (χ1n) is 6.34. The molecule has 0 unspecified atom stereocenters. The lowest BCUT2D eigenvalue weighted by Gasteiger charge is -2.06. The van der Waals surface area contributed by atoms with Gasteiger partial charge in [0.25, 0.3) is 5.91 Å². The highest BCUT2D eigenvalue weighted by Gasteiger charge is 2.28. The van der Waals surface area contributed by atoms with Crippen molar-refractivity contribution in [1.29, 1.82) is 0 Å². The van der Waals surface area contributed by atoms with Crippen LogP contribution in [0.5, 0.6) is 5.75 Å². The molecule has 2 aromatic rings. The zero-order valence-corrected chi connectivity index (χ0v) is 10.8. The molecule has 1 heterocycles. The maximum Gasteiger partial charge on any atom is 0.335 e. The van der Waals surface area contributed by atoms with Crippen LogP contribution in [0.3, 0.4) is 0 Å². The number of aromatic carboxylic acids is 1. The molecule has 108 valence electrons. The molecule has 0 spiro atoms. The van der Waals surface area contributed by atoms with Gasteiger partial charge in [0.2, 0.25) is 5.82 Å². The molecule has 1 amide bonds. The van der Waals surface area contributed by atoms with Crippen molar-refractivity contribution in [3.63, 3.8) is 0 Å². The van der Waals surface area contributed by atoms with E-state index < -0.39 is 11.9 Å². The summed E-state index contributed by atoms with van der Waals surface area (Å²) < 4.78 is 0. The van der Waals surface area contributed by atoms with Gasteiger partial charge in [-0.2, -0.15) is 0 Å². The van der Waals surface area contributed by atoms with E-state index in [9.17, 15) is 14.7 Å². The molecule has 1 aliphatic rings. The highest BCUT2D eigenvalue weighted by molar-refractivity contribution is 6.02.